The number of hydrogen-bond donors (Lipinski definition) is 1. The first-order valence-electron chi connectivity index (χ1n) is 8.64. The molecular weight excluding hydrogens is 377 g/mol. The molecule has 0 aliphatic carbocycles. The van der Waals surface area contributed by atoms with Crippen molar-refractivity contribution in [3.05, 3.63) is 23.8 Å². The monoisotopic (exact) mass is 409 g/mol. The van der Waals surface area contributed by atoms with Crippen molar-refractivity contribution in [2.75, 3.05) is 34.4 Å². The second kappa shape index (κ2) is 14.9. The number of halogens is 2. The minimum absolute atomic E-state index is 0. The summed E-state index contributed by atoms with van der Waals surface area (Å²) in [7, 11) is 5.30. The Kier molecular flexibility index (Phi) is 15.5. The van der Waals surface area contributed by atoms with Crippen LogP contribution in [0.4, 0.5) is 0 Å². The van der Waals surface area contributed by atoms with Crippen LogP contribution in [-0.4, -0.2) is 50.3 Å². The third kappa shape index (κ3) is 9.51. The Bertz CT molecular complexity index is 514. The lowest BCUT2D eigenvalue weighted by atomic mass is 9.98. The molecule has 152 valence electrons. The molecule has 0 fully saturated rings. The van der Waals surface area contributed by atoms with Crippen LogP contribution in [0.5, 0.6) is 11.5 Å². The normalized spacial score (nSPS) is 11.3. The van der Waals surface area contributed by atoms with Gasteiger partial charge in [-0.25, -0.2) is 0 Å². The Balaban J connectivity index is 0. The van der Waals surface area contributed by atoms with Gasteiger partial charge in [-0.05, 0) is 50.6 Å². The van der Waals surface area contributed by atoms with Gasteiger partial charge in [-0.3, -0.25) is 4.79 Å². The van der Waals surface area contributed by atoms with Crippen LogP contribution in [-0.2, 0) is 11.2 Å². The number of benzene rings is 1. The zero-order valence-corrected chi connectivity index (χ0v) is 17.8. The van der Waals surface area contributed by atoms with E-state index in [1.165, 1.54) is 5.56 Å². The van der Waals surface area contributed by atoms with Gasteiger partial charge in [0.25, 0.3) is 0 Å². The molecule has 1 unspecified atom stereocenters. The second-order valence-corrected chi connectivity index (χ2v) is 6.21. The van der Waals surface area contributed by atoms with Crippen LogP contribution in [0, 0.1) is 5.92 Å². The molecule has 0 bridgehead atoms. The average molecular weight is 410 g/mol. The van der Waals surface area contributed by atoms with E-state index in [-0.39, 0.29) is 30.7 Å². The van der Waals surface area contributed by atoms with Crippen molar-refractivity contribution in [1.82, 2.24) is 4.90 Å². The van der Waals surface area contributed by atoms with Crippen molar-refractivity contribution in [3.8, 4) is 11.5 Å². The third-order valence-corrected chi connectivity index (χ3v) is 4.34. The average Bonchev–Trinajstić information content (AvgIpc) is 2.59. The summed E-state index contributed by atoms with van der Waals surface area (Å²) in [5, 5.41) is 9.28. The molecule has 0 aromatic heterocycles. The zero-order chi connectivity index (χ0) is 17.9. The highest BCUT2D eigenvalue weighted by Gasteiger charge is 2.17. The lowest BCUT2D eigenvalue weighted by molar-refractivity contribution is -0.142. The van der Waals surface area contributed by atoms with Crippen LogP contribution in [0.15, 0.2) is 18.2 Å². The predicted molar refractivity (Wildman–Crippen MR) is 111 cm³/mol. The first kappa shape index (κ1) is 27.1. The Hall–Kier alpha value is -1.17. The third-order valence-electron chi connectivity index (χ3n) is 4.34. The maximum atomic E-state index is 11.3. The quantitative estimate of drug-likeness (QED) is 0.557. The van der Waals surface area contributed by atoms with E-state index < -0.39 is 5.97 Å². The van der Waals surface area contributed by atoms with Gasteiger partial charge in [-0.1, -0.05) is 25.8 Å². The number of carboxylic acids is 1. The fourth-order valence-electron chi connectivity index (χ4n) is 2.69. The Morgan fingerprint density at radius 1 is 1.12 bits per heavy atom. The number of rotatable bonds is 12. The Morgan fingerprint density at radius 3 is 2.31 bits per heavy atom. The molecule has 1 N–H and O–H groups in total. The standard InChI is InChI=1S/C19H31NO4.2ClH/c1-5-6-7-16(19(21)22)11-13-20(2)12-10-15-8-9-17(23-3)18(14-15)24-4;;/h8-9,14,16H,5-7,10-13H2,1-4H3,(H,21,22);2*1H. The molecule has 0 radical (unpaired) electrons. The molecular formula is C19H33Cl2NO4. The van der Waals surface area contributed by atoms with Crippen LogP contribution in [0.1, 0.15) is 38.2 Å². The maximum absolute atomic E-state index is 11.3. The summed E-state index contributed by atoms with van der Waals surface area (Å²) in [6.07, 6.45) is 4.39. The van der Waals surface area contributed by atoms with Crippen LogP contribution < -0.4 is 9.47 Å². The van der Waals surface area contributed by atoms with Gasteiger partial charge < -0.3 is 19.5 Å². The molecule has 0 spiro atoms. The number of hydrogen-bond acceptors (Lipinski definition) is 4. The lowest BCUT2D eigenvalue weighted by Gasteiger charge is -2.19. The van der Waals surface area contributed by atoms with Gasteiger partial charge in [0.15, 0.2) is 11.5 Å². The van der Waals surface area contributed by atoms with Gasteiger partial charge in [-0.2, -0.15) is 0 Å². The van der Waals surface area contributed by atoms with Gasteiger partial charge >= 0.3 is 5.97 Å². The number of ether oxygens (including phenoxy) is 2. The Labute approximate surface area is 169 Å². The number of unbranched alkanes of at least 4 members (excludes halogenated alkanes) is 1. The predicted octanol–water partition coefficient (Wildman–Crippen LogP) is 4.30. The summed E-state index contributed by atoms with van der Waals surface area (Å²) in [5.74, 6) is 0.572. The van der Waals surface area contributed by atoms with Gasteiger partial charge in [0.05, 0.1) is 20.1 Å². The van der Waals surface area contributed by atoms with E-state index in [0.717, 1.165) is 50.3 Å². The Morgan fingerprint density at radius 2 is 1.77 bits per heavy atom. The number of carboxylic acid groups (broad SMARTS) is 1. The molecule has 0 saturated carbocycles. The van der Waals surface area contributed by atoms with E-state index in [1.807, 2.05) is 25.2 Å². The van der Waals surface area contributed by atoms with E-state index >= 15 is 0 Å². The number of carbonyl (C=O) groups is 1. The van der Waals surface area contributed by atoms with Crippen LogP contribution in [0.3, 0.4) is 0 Å². The largest absolute Gasteiger partial charge is 0.493 e. The lowest BCUT2D eigenvalue weighted by Crippen LogP contribution is -2.26. The topological polar surface area (TPSA) is 59.0 Å². The van der Waals surface area contributed by atoms with E-state index in [2.05, 4.69) is 11.8 Å². The number of methoxy groups -OCH3 is 2. The van der Waals surface area contributed by atoms with E-state index in [1.54, 1.807) is 14.2 Å². The van der Waals surface area contributed by atoms with Crippen molar-refractivity contribution in [2.45, 2.75) is 39.0 Å². The summed E-state index contributed by atoms with van der Waals surface area (Å²) in [5.41, 5.74) is 1.18. The minimum atomic E-state index is -0.670. The molecule has 0 saturated heterocycles. The highest BCUT2D eigenvalue weighted by Crippen LogP contribution is 2.27. The van der Waals surface area contributed by atoms with Crippen LogP contribution in [0.2, 0.25) is 0 Å². The fraction of sp³-hybridized carbons (Fsp3) is 0.632. The SMILES string of the molecule is CCCCC(CCN(C)CCc1ccc(OC)c(OC)c1)C(=O)O.Cl.Cl. The number of likely N-dealkylation sites (N-methyl/N-ethyl adjacent to an activating group) is 1. The van der Waals surface area contributed by atoms with Crippen LogP contribution >= 0.6 is 24.8 Å². The summed E-state index contributed by atoms with van der Waals surface area (Å²) in [4.78, 5) is 13.5. The van der Waals surface area contributed by atoms with Gasteiger partial charge in [0.1, 0.15) is 0 Å². The van der Waals surface area contributed by atoms with Gasteiger partial charge in [-0.15, -0.1) is 24.8 Å². The number of nitrogens with zero attached hydrogens (tertiary/aromatic N) is 1. The molecule has 0 aliphatic rings. The second-order valence-electron chi connectivity index (χ2n) is 6.21. The molecule has 1 atom stereocenters. The molecule has 1 rings (SSSR count). The summed E-state index contributed by atoms with van der Waals surface area (Å²) in [6, 6.07) is 5.95. The van der Waals surface area contributed by atoms with Crippen molar-refractivity contribution in [2.24, 2.45) is 5.92 Å². The number of aliphatic carboxylic acids is 1. The highest BCUT2D eigenvalue weighted by atomic mass is 35.5. The minimum Gasteiger partial charge on any atom is -0.493 e. The molecule has 7 heteroatoms. The summed E-state index contributed by atoms with van der Waals surface area (Å²) >= 11 is 0. The fourth-order valence-corrected chi connectivity index (χ4v) is 2.69. The van der Waals surface area contributed by atoms with E-state index in [0.29, 0.717) is 6.42 Å². The van der Waals surface area contributed by atoms with E-state index in [4.69, 9.17) is 9.47 Å². The molecule has 5 nitrogen and oxygen atoms in total. The van der Waals surface area contributed by atoms with Crippen LogP contribution in [0.25, 0.3) is 0 Å². The first-order chi connectivity index (χ1) is 11.5. The highest BCUT2D eigenvalue weighted by molar-refractivity contribution is 5.85. The zero-order valence-electron chi connectivity index (χ0n) is 16.2. The van der Waals surface area contributed by atoms with Crippen molar-refractivity contribution in [3.63, 3.8) is 0 Å². The van der Waals surface area contributed by atoms with Gasteiger partial charge in [0.2, 0.25) is 0 Å². The summed E-state index contributed by atoms with van der Waals surface area (Å²) in [6.45, 7) is 3.78. The maximum Gasteiger partial charge on any atom is 0.306 e. The molecule has 0 heterocycles. The van der Waals surface area contributed by atoms with Gasteiger partial charge in [0, 0.05) is 6.54 Å². The van der Waals surface area contributed by atoms with E-state index in [9.17, 15) is 9.90 Å². The molecule has 26 heavy (non-hydrogen) atoms. The summed E-state index contributed by atoms with van der Waals surface area (Å²) < 4.78 is 10.6. The molecule has 1 aromatic carbocycles. The first-order valence-corrected chi connectivity index (χ1v) is 8.64. The molecule has 0 amide bonds. The molecule has 0 aliphatic heterocycles. The molecule has 1 aromatic rings. The van der Waals surface area contributed by atoms with Crippen molar-refractivity contribution >= 4 is 30.8 Å². The smallest absolute Gasteiger partial charge is 0.306 e. The van der Waals surface area contributed by atoms with Crippen molar-refractivity contribution < 1.29 is 19.4 Å². The van der Waals surface area contributed by atoms with Crippen molar-refractivity contribution in [1.29, 1.82) is 0 Å².